The Morgan fingerprint density at radius 1 is 1.27 bits per heavy atom. The summed E-state index contributed by atoms with van der Waals surface area (Å²) in [6.45, 7) is 2.21. The minimum absolute atomic E-state index is 0.341. The van der Waals surface area contributed by atoms with E-state index in [4.69, 9.17) is 23.2 Å². The van der Waals surface area contributed by atoms with E-state index < -0.39 is 0 Å². The maximum absolute atomic E-state index is 6.12. The molecule has 0 heterocycles. The van der Waals surface area contributed by atoms with Crippen LogP contribution < -0.4 is 0 Å². The highest BCUT2D eigenvalue weighted by Gasteiger charge is 2.10. The van der Waals surface area contributed by atoms with E-state index in [9.17, 15) is 0 Å². The van der Waals surface area contributed by atoms with E-state index in [1.807, 2.05) is 12.1 Å². The van der Waals surface area contributed by atoms with Gasteiger partial charge in [0.05, 0.1) is 0 Å². The number of halogens is 3. The molecule has 0 amide bonds. The first-order valence-electron chi connectivity index (χ1n) is 5.24. The van der Waals surface area contributed by atoms with Crippen LogP contribution in [-0.2, 0) is 0 Å². The van der Waals surface area contributed by atoms with Gasteiger partial charge in [0, 0.05) is 14.9 Å². The van der Waals surface area contributed by atoms with Crippen molar-refractivity contribution in [1.29, 1.82) is 0 Å². The third-order valence-corrected chi connectivity index (χ3v) is 3.87. The average molecular weight is 310 g/mol. The summed E-state index contributed by atoms with van der Waals surface area (Å²) in [5, 5.41) is 1.44. The van der Waals surface area contributed by atoms with Crippen molar-refractivity contribution in [2.45, 2.75) is 37.4 Å². The summed E-state index contributed by atoms with van der Waals surface area (Å²) in [6.07, 6.45) is 4.86. The van der Waals surface area contributed by atoms with Crippen molar-refractivity contribution in [2.24, 2.45) is 0 Å². The highest BCUT2D eigenvalue weighted by molar-refractivity contribution is 9.09. The van der Waals surface area contributed by atoms with E-state index in [1.54, 1.807) is 6.07 Å². The monoisotopic (exact) mass is 308 g/mol. The number of benzene rings is 1. The topological polar surface area (TPSA) is 0 Å². The van der Waals surface area contributed by atoms with Gasteiger partial charge in [0.1, 0.15) is 0 Å². The van der Waals surface area contributed by atoms with Gasteiger partial charge in [0.15, 0.2) is 0 Å². The molecular weight excluding hydrogens is 295 g/mol. The highest BCUT2D eigenvalue weighted by Crippen LogP contribution is 2.34. The summed E-state index contributed by atoms with van der Waals surface area (Å²) >= 11 is 15.6. The molecule has 0 nitrogen and oxygen atoms in total. The van der Waals surface area contributed by atoms with Crippen LogP contribution in [0.1, 0.15) is 43.0 Å². The second-order valence-electron chi connectivity index (χ2n) is 3.63. The molecule has 0 saturated carbocycles. The van der Waals surface area contributed by atoms with Crippen LogP contribution in [0.3, 0.4) is 0 Å². The Bertz CT molecular complexity index is 312. The lowest BCUT2D eigenvalue weighted by atomic mass is 10.1. The molecule has 1 atom stereocenters. The Kier molecular flexibility index (Phi) is 6.03. The van der Waals surface area contributed by atoms with Gasteiger partial charge in [-0.05, 0) is 24.1 Å². The largest absolute Gasteiger partial charge is 0.0843 e. The fourth-order valence-corrected chi connectivity index (χ4v) is 2.88. The maximum Gasteiger partial charge on any atom is 0.0464 e. The Hall–Kier alpha value is 0.280. The predicted molar refractivity (Wildman–Crippen MR) is 72.3 cm³/mol. The van der Waals surface area contributed by atoms with E-state index in [2.05, 4.69) is 22.9 Å². The van der Waals surface area contributed by atoms with Crippen LogP contribution in [0.4, 0.5) is 0 Å². The fraction of sp³-hybridized carbons (Fsp3) is 0.500. The van der Waals surface area contributed by atoms with Crippen molar-refractivity contribution in [3.8, 4) is 0 Å². The van der Waals surface area contributed by atoms with Crippen LogP contribution in [0.15, 0.2) is 18.2 Å². The molecule has 0 fully saturated rings. The third kappa shape index (κ3) is 4.34. The molecule has 3 heteroatoms. The molecule has 1 rings (SSSR count). The zero-order valence-corrected chi connectivity index (χ0v) is 11.9. The minimum atomic E-state index is 0.341. The van der Waals surface area contributed by atoms with Crippen LogP contribution in [0.25, 0.3) is 0 Å². The van der Waals surface area contributed by atoms with Gasteiger partial charge in [-0.1, -0.05) is 71.4 Å². The molecule has 84 valence electrons. The second kappa shape index (κ2) is 6.78. The number of hydrogen-bond acceptors (Lipinski definition) is 0. The smallest absolute Gasteiger partial charge is 0.0464 e. The van der Waals surface area contributed by atoms with Gasteiger partial charge in [0.2, 0.25) is 0 Å². The maximum atomic E-state index is 6.12. The molecule has 0 aromatic heterocycles. The van der Waals surface area contributed by atoms with Gasteiger partial charge < -0.3 is 0 Å². The lowest BCUT2D eigenvalue weighted by Gasteiger charge is -2.11. The quantitative estimate of drug-likeness (QED) is 0.461. The second-order valence-corrected chi connectivity index (χ2v) is 5.58. The molecule has 0 bridgehead atoms. The van der Waals surface area contributed by atoms with Crippen LogP contribution >= 0.6 is 39.1 Å². The van der Waals surface area contributed by atoms with Crippen molar-refractivity contribution in [1.82, 2.24) is 0 Å². The zero-order chi connectivity index (χ0) is 11.3. The van der Waals surface area contributed by atoms with Crippen LogP contribution in [0.2, 0.25) is 10.0 Å². The van der Waals surface area contributed by atoms with E-state index in [-0.39, 0.29) is 0 Å². The molecule has 0 aliphatic rings. The van der Waals surface area contributed by atoms with E-state index in [0.717, 1.165) is 17.0 Å². The summed E-state index contributed by atoms with van der Waals surface area (Å²) < 4.78 is 0. The molecule has 1 aromatic carbocycles. The molecule has 1 unspecified atom stereocenters. The number of rotatable bonds is 5. The molecular formula is C12H15BrCl2. The Morgan fingerprint density at radius 3 is 2.60 bits per heavy atom. The van der Waals surface area contributed by atoms with Gasteiger partial charge in [-0.25, -0.2) is 0 Å². The molecule has 0 spiro atoms. The molecule has 1 aromatic rings. The summed E-state index contributed by atoms with van der Waals surface area (Å²) in [6, 6.07) is 5.68. The fourth-order valence-electron chi connectivity index (χ4n) is 1.48. The standard InChI is InChI=1S/C12H15BrCl2/c1-2-3-4-5-11(13)10-7-6-9(14)8-12(10)15/h6-8,11H,2-5H2,1H3. The van der Waals surface area contributed by atoms with Crippen molar-refractivity contribution in [2.75, 3.05) is 0 Å². The van der Waals surface area contributed by atoms with Gasteiger partial charge in [-0.2, -0.15) is 0 Å². The van der Waals surface area contributed by atoms with E-state index >= 15 is 0 Å². The van der Waals surface area contributed by atoms with E-state index in [1.165, 1.54) is 19.3 Å². The van der Waals surface area contributed by atoms with Gasteiger partial charge >= 0.3 is 0 Å². The zero-order valence-electron chi connectivity index (χ0n) is 8.77. The van der Waals surface area contributed by atoms with E-state index in [0.29, 0.717) is 9.85 Å². The lowest BCUT2D eigenvalue weighted by Crippen LogP contribution is -1.91. The Morgan fingerprint density at radius 2 is 2.00 bits per heavy atom. The lowest BCUT2D eigenvalue weighted by molar-refractivity contribution is 0.664. The first kappa shape index (κ1) is 13.3. The van der Waals surface area contributed by atoms with Crippen molar-refractivity contribution in [3.63, 3.8) is 0 Å². The van der Waals surface area contributed by atoms with Gasteiger partial charge in [-0.3, -0.25) is 0 Å². The highest BCUT2D eigenvalue weighted by atomic mass is 79.9. The summed E-state index contributed by atoms with van der Waals surface area (Å²) in [5.41, 5.74) is 1.14. The molecule has 0 N–H and O–H groups in total. The van der Waals surface area contributed by atoms with Crippen molar-refractivity contribution in [3.05, 3.63) is 33.8 Å². The third-order valence-electron chi connectivity index (χ3n) is 2.36. The molecule has 15 heavy (non-hydrogen) atoms. The van der Waals surface area contributed by atoms with Crippen LogP contribution in [-0.4, -0.2) is 0 Å². The van der Waals surface area contributed by atoms with Crippen LogP contribution in [0.5, 0.6) is 0 Å². The summed E-state index contributed by atoms with van der Waals surface area (Å²) in [7, 11) is 0. The Balaban J connectivity index is 2.61. The molecule has 0 saturated heterocycles. The van der Waals surface area contributed by atoms with Crippen molar-refractivity contribution < 1.29 is 0 Å². The first-order valence-corrected chi connectivity index (χ1v) is 6.91. The molecule has 0 aliphatic carbocycles. The van der Waals surface area contributed by atoms with Gasteiger partial charge in [-0.15, -0.1) is 0 Å². The molecule has 0 aliphatic heterocycles. The number of hydrogen-bond donors (Lipinski definition) is 0. The predicted octanol–water partition coefficient (Wildman–Crippen LogP) is 6.01. The first-order chi connectivity index (χ1) is 7.15. The van der Waals surface area contributed by atoms with Crippen molar-refractivity contribution >= 4 is 39.1 Å². The number of unbranched alkanes of at least 4 members (excludes halogenated alkanes) is 2. The summed E-state index contributed by atoms with van der Waals surface area (Å²) in [4.78, 5) is 0.341. The van der Waals surface area contributed by atoms with Gasteiger partial charge in [0.25, 0.3) is 0 Å². The normalized spacial score (nSPS) is 12.8. The summed E-state index contributed by atoms with van der Waals surface area (Å²) in [5.74, 6) is 0. The molecule has 0 radical (unpaired) electrons. The number of alkyl halides is 1. The average Bonchev–Trinajstić information content (AvgIpc) is 2.17. The minimum Gasteiger partial charge on any atom is -0.0843 e. The Labute approximate surface area is 110 Å². The SMILES string of the molecule is CCCCCC(Br)c1ccc(Cl)cc1Cl. The van der Waals surface area contributed by atoms with Crippen LogP contribution in [0, 0.1) is 0 Å².